The lowest BCUT2D eigenvalue weighted by atomic mass is 10.2. The molecule has 2 aromatic carbocycles. The van der Waals surface area contributed by atoms with E-state index in [1.54, 1.807) is 82.6 Å². The first-order valence-electron chi connectivity index (χ1n) is 21.7. The van der Waals surface area contributed by atoms with Crippen LogP contribution in [0.2, 0.25) is 0 Å². The van der Waals surface area contributed by atoms with Gasteiger partial charge in [0.15, 0.2) is 0 Å². The number of amides is 4. The fourth-order valence-corrected chi connectivity index (χ4v) is 6.96. The molecule has 0 unspecified atom stereocenters. The van der Waals surface area contributed by atoms with Crippen LogP contribution < -0.4 is 20.1 Å². The summed E-state index contributed by atoms with van der Waals surface area (Å²) in [6, 6.07) is 31.5. The Kier molecular flexibility index (Phi) is 16.2. The SMILES string of the molecule is Cc1ccc(CCN2CCN(C(=O)Oc3ccc(NC(=O)c4ccccc4)cn3)CC2)nc1.O=C(O)c1ccc(CN2CCN(C(=O)Oc3ccc(NC(=O)c4ccccc4)cn3)CC2)nc1. The molecule has 0 aliphatic carbocycles. The van der Waals surface area contributed by atoms with Crippen LogP contribution in [0.15, 0.2) is 134 Å². The maximum Gasteiger partial charge on any atom is 0.416 e. The second-order valence-electron chi connectivity index (χ2n) is 15.7. The largest absolute Gasteiger partial charge is 0.478 e. The third-order valence-corrected chi connectivity index (χ3v) is 10.8. The molecule has 6 heterocycles. The van der Waals surface area contributed by atoms with E-state index in [0.717, 1.165) is 43.0 Å². The van der Waals surface area contributed by atoms with Crippen LogP contribution in [0.1, 0.15) is 48.0 Å². The van der Waals surface area contributed by atoms with Gasteiger partial charge in [-0.3, -0.25) is 29.4 Å². The lowest BCUT2D eigenvalue weighted by molar-refractivity contribution is 0.0695. The maximum absolute atomic E-state index is 12.5. The Hall–Kier alpha value is -8.09. The minimum Gasteiger partial charge on any atom is -0.478 e. The van der Waals surface area contributed by atoms with Gasteiger partial charge in [0.05, 0.1) is 35.0 Å². The third kappa shape index (κ3) is 14.2. The second-order valence-corrected chi connectivity index (χ2v) is 15.7. The first-order valence-corrected chi connectivity index (χ1v) is 21.7. The number of anilines is 2. The van der Waals surface area contributed by atoms with Crippen molar-refractivity contribution in [2.75, 3.05) is 69.5 Å². The molecule has 18 heteroatoms. The van der Waals surface area contributed by atoms with Crippen LogP contribution in [0.25, 0.3) is 0 Å². The second kappa shape index (κ2) is 23.2. The molecule has 8 rings (SSSR count). The van der Waals surface area contributed by atoms with Gasteiger partial charge in [-0.25, -0.2) is 24.4 Å². The normalized spacial score (nSPS) is 13.9. The quantitative estimate of drug-likeness (QED) is 0.126. The van der Waals surface area contributed by atoms with Crippen molar-refractivity contribution < 1.29 is 38.6 Å². The molecule has 4 amide bonds. The zero-order chi connectivity index (χ0) is 47.0. The number of rotatable bonds is 12. The number of hydrogen-bond donors (Lipinski definition) is 3. The highest BCUT2D eigenvalue weighted by Crippen LogP contribution is 2.17. The molecule has 6 aromatic rings. The number of carboxylic acids is 1. The maximum atomic E-state index is 12.5. The van der Waals surface area contributed by atoms with Gasteiger partial charge in [0.2, 0.25) is 11.8 Å². The number of nitrogens with zero attached hydrogens (tertiary/aromatic N) is 8. The van der Waals surface area contributed by atoms with E-state index < -0.39 is 18.2 Å². The van der Waals surface area contributed by atoms with E-state index in [1.807, 2.05) is 25.3 Å². The minimum absolute atomic E-state index is 0.146. The number of benzene rings is 2. The zero-order valence-electron chi connectivity index (χ0n) is 36.9. The molecule has 2 fully saturated rings. The molecule has 4 aromatic heterocycles. The van der Waals surface area contributed by atoms with Crippen molar-refractivity contribution in [2.24, 2.45) is 0 Å². The number of pyridine rings is 4. The van der Waals surface area contributed by atoms with Crippen molar-refractivity contribution in [3.63, 3.8) is 0 Å². The summed E-state index contributed by atoms with van der Waals surface area (Å²) in [7, 11) is 0. The zero-order valence-corrected chi connectivity index (χ0v) is 36.9. The van der Waals surface area contributed by atoms with Crippen LogP contribution in [0.3, 0.4) is 0 Å². The van der Waals surface area contributed by atoms with Gasteiger partial charge in [-0.1, -0.05) is 42.5 Å². The summed E-state index contributed by atoms with van der Waals surface area (Å²) in [5.74, 6) is -1.14. The van der Waals surface area contributed by atoms with Gasteiger partial charge >= 0.3 is 18.2 Å². The van der Waals surface area contributed by atoms with E-state index in [9.17, 15) is 24.0 Å². The Morgan fingerprint density at radius 3 is 1.45 bits per heavy atom. The van der Waals surface area contributed by atoms with E-state index >= 15 is 0 Å². The van der Waals surface area contributed by atoms with Crippen LogP contribution >= 0.6 is 0 Å². The van der Waals surface area contributed by atoms with E-state index in [1.165, 1.54) is 30.7 Å². The predicted molar refractivity (Wildman–Crippen MR) is 248 cm³/mol. The van der Waals surface area contributed by atoms with Gasteiger partial charge in [0, 0.05) is 113 Å². The number of hydrogen-bond acceptors (Lipinski definition) is 13. The van der Waals surface area contributed by atoms with E-state index in [-0.39, 0.29) is 29.1 Å². The number of carbonyl (C=O) groups excluding carboxylic acids is 4. The summed E-state index contributed by atoms with van der Waals surface area (Å²) in [4.78, 5) is 85.0. The molecular formula is C49H50N10O8. The molecule has 0 bridgehead atoms. The molecule has 3 N–H and O–H groups in total. The third-order valence-electron chi connectivity index (χ3n) is 10.8. The number of carbonyl (C=O) groups is 5. The average Bonchev–Trinajstić information content (AvgIpc) is 3.36. The number of nitrogens with one attached hydrogen (secondary N) is 2. The molecule has 2 saturated heterocycles. The first kappa shape index (κ1) is 46.9. The highest BCUT2D eigenvalue weighted by molar-refractivity contribution is 6.04. The number of carboxylic acid groups (broad SMARTS) is 1. The number of aromatic carboxylic acids is 1. The van der Waals surface area contributed by atoms with Crippen molar-refractivity contribution in [2.45, 2.75) is 19.9 Å². The van der Waals surface area contributed by atoms with Crippen LogP contribution in [0, 0.1) is 6.92 Å². The van der Waals surface area contributed by atoms with Gasteiger partial charge < -0.3 is 35.0 Å². The monoisotopic (exact) mass is 906 g/mol. The molecular weight excluding hydrogens is 857 g/mol. The molecule has 2 aliphatic heterocycles. The highest BCUT2D eigenvalue weighted by atomic mass is 16.6. The average molecular weight is 907 g/mol. The first-order chi connectivity index (χ1) is 32.5. The predicted octanol–water partition coefficient (Wildman–Crippen LogP) is 6.14. The summed E-state index contributed by atoms with van der Waals surface area (Å²) in [5.41, 5.74) is 5.27. The minimum atomic E-state index is -1.01. The van der Waals surface area contributed by atoms with Gasteiger partial charge in [0.25, 0.3) is 11.8 Å². The van der Waals surface area contributed by atoms with E-state index in [4.69, 9.17) is 14.6 Å². The van der Waals surface area contributed by atoms with E-state index in [0.29, 0.717) is 68.3 Å². The molecule has 18 nitrogen and oxygen atoms in total. The number of ether oxygens (including phenoxy) is 2. The summed E-state index contributed by atoms with van der Waals surface area (Å²) >= 11 is 0. The van der Waals surface area contributed by atoms with E-state index in [2.05, 4.69) is 52.5 Å². The number of piperazine rings is 2. The Morgan fingerprint density at radius 2 is 1.01 bits per heavy atom. The summed E-state index contributed by atoms with van der Waals surface area (Å²) in [6.45, 7) is 8.54. The fourth-order valence-electron chi connectivity index (χ4n) is 6.96. The lowest BCUT2D eigenvalue weighted by Gasteiger charge is -2.33. The molecule has 0 radical (unpaired) electrons. The summed E-state index contributed by atoms with van der Waals surface area (Å²) < 4.78 is 10.8. The van der Waals surface area contributed by atoms with Gasteiger partial charge in [-0.05, 0) is 67.1 Å². The van der Waals surface area contributed by atoms with Gasteiger partial charge in [-0.2, -0.15) is 0 Å². The fraction of sp³-hybridized carbons (Fsp3) is 0.245. The summed E-state index contributed by atoms with van der Waals surface area (Å²) in [5, 5.41) is 14.5. The smallest absolute Gasteiger partial charge is 0.416 e. The lowest BCUT2D eigenvalue weighted by Crippen LogP contribution is -2.50. The van der Waals surface area contributed by atoms with Crippen molar-refractivity contribution >= 4 is 41.3 Å². The molecule has 0 spiro atoms. The van der Waals surface area contributed by atoms with Crippen LogP contribution in [0.5, 0.6) is 11.8 Å². The van der Waals surface area contributed by atoms with Crippen molar-refractivity contribution in [1.82, 2.24) is 39.5 Å². The Labute approximate surface area is 387 Å². The summed E-state index contributed by atoms with van der Waals surface area (Å²) in [6.07, 6.45) is 6.13. The molecule has 2 aliphatic rings. The number of aromatic nitrogens is 4. The van der Waals surface area contributed by atoms with Gasteiger partial charge in [-0.15, -0.1) is 0 Å². The van der Waals surface area contributed by atoms with Crippen LogP contribution in [0.4, 0.5) is 21.0 Å². The Morgan fingerprint density at radius 1 is 0.522 bits per heavy atom. The Balaban J connectivity index is 0.000000199. The number of aryl methyl sites for hydroxylation is 1. The topological polar surface area (TPSA) is 213 Å². The standard InChI is InChI=1S/C25H27N5O3.C24H23N5O5/c1-19-7-8-21(26-17-19)11-12-29-13-15-30(16-14-29)25(32)33-23-10-9-22(18-27-23)28-24(31)20-5-3-2-4-6-20;30-22(17-4-2-1-3-5-17)27-19-8-9-21(26-15-19)34-24(33)29-12-10-28(11-13-29)16-20-7-6-18(14-25-20)23(31)32/h2-10,17-18H,11-16H2,1H3,(H,28,31);1-9,14-15H,10-13,16H2,(H,27,30)(H,31,32). The van der Waals surface area contributed by atoms with Crippen LogP contribution in [-0.2, 0) is 13.0 Å². The molecule has 344 valence electrons. The highest BCUT2D eigenvalue weighted by Gasteiger charge is 2.25. The molecule has 67 heavy (non-hydrogen) atoms. The van der Waals surface area contributed by atoms with Crippen molar-refractivity contribution in [3.8, 4) is 11.8 Å². The van der Waals surface area contributed by atoms with Crippen LogP contribution in [-0.4, -0.2) is 134 Å². The van der Waals surface area contributed by atoms with Crippen molar-refractivity contribution in [3.05, 3.63) is 168 Å². The molecule has 0 atom stereocenters. The van der Waals surface area contributed by atoms with Gasteiger partial charge in [0.1, 0.15) is 0 Å². The molecule has 0 saturated carbocycles. The van der Waals surface area contributed by atoms with Crippen molar-refractivity contribution in [1.29, 1.82) is 0 Å². The Bertz CT molecular complexity index is 2570.